The standard InChI is InChI=1S/C49H60B6N2/c1-47(2,3)29-12-16-32(17-13-29)56-35-18-14-30(48(4,5)6)24-33(35)55-34-25-31(49(7,8)9)15-19-36(34)57(37-21-26-10-11-27(37)20-26)39-23-28(22-38(56)46(39)55)40-41(50)43(52)45(54)44(53)42(40)51/h12-19,22-27,37H,10-11,20-21,50-54H2,1-9H3. The van der Waals surface area contributed by atoms with Crippen LogP contribution in [0.25, 0.3) is 11.1 Å². The van der Waals surface area contributed by atoms with Crippen molar-refractivity contribution in [1.82, 2.24) is 0 Å². The molecule has 5 aromatic rings. The van der Waals surface area contributed by atoms with Gasteiger partial charge < -0.3 is 9.80 Å². The molecule has 2 nitrogen and oxygen atoms in total. The minimum Gasteiger partial charge on any atom is -0.339 e. The molecule has 2 saturated carbocycles. The molecule has 8 heteroatoms. The molecule has 2 fully saturated rings. The molecule has 284 valence electrons. The van der Waals surface area contributed by atoms with Crippen molar-refractivity contribution in [2.75, 3.05) is 9.80 Å². The van der Waals surface area contributed by atoms with Crippen molar-refractivity contribution >= 4 is 118 Å². The van der Waals surface area contributed by atoms with Crippen molar-refractivity contribution in [2.24, 2.45) is 11.8 Å². The molecule has 9 rings (SSSR count). The molecule has 0 radical (unpaired) electrons. The highest BCUT2D eigenvalue weighted by atomic mass is 15.2. The zero-order chi connectivity index (χ0) is 40.7. The van der Waals surface area contributed by atoms with Crippen molar-refractivity contribution in [3.8, 4) is 11.1 Å². The second-order valence-corrected chi connectivity index (χ2v) is 21.7. The Balaban J connectivity index is 1.42. The van der Waals surface area contributed by atoms with Gasteiger partial charge in [0.25, 0.3) is 6.71 Å². The van der Waals surface area contributed by atoms with Gasteiger partial charge in [-0.05, 0) is 128 Å². The van der Waals surface area contributed by atoms with Crippen molar-refractivity contribution in [2.45, 2.75) is 110 Å². The first-order chi connectivity index (χ1) is 26.7. The number of hydrogen-bond donors (Lipinski definition) is 0. The van der Waals surface area contributed by atoms with Crippen LogP contribution in [0.5, 0.6) is 0 Å². The average Bonchev–Trinajstić information content (AvgIpc) is 3.79. The van der Waals surface area contributed by atoms with Crippen LogP contribution < -0.4 is 53.5 Å². The topological polar surface area (TPSA) is 6.48 Å². The minimum atomic E-state index is 0.0251. The number of rotatable bonds is 3. The second-order valence-electron chi connectivity index (χ2n) is 21.7. The van der Waals surface area contributed by atoms with E-state index in [0.717, 1.165) is 11.8 Å². The lowest BCUT2D eigenvalue weighted by Gasteiger charge is -2.48. The summed E-state index contributed by atoms with van der Waals surface area (Å²) in [5.41, 5.74) is 25.3. The Bertz CT molecular complexity index is 2440. The van der Waals surface area contributed by atoms with Crippen LogP contribution in [0.2, 0.25) is 0 Å². The third-order valence-electron chi connectivity index (χ3n) is 15.1. The van der Waals surface area contributed by atoms with Crippen LogP contribution in [-0.2, 0) is 16.2 Å². The lowest BCUT2D eigenvalue weighted by atomic mass is 9.33. The van der Waals surface area contributed by atoms with Crippen LogP contribution in [0.4, 0.5) is 28.4 Å². The summed E-state index contributed by atoms with van der Waals surface area (Å²) in [6, 6.07) is 30.3. The van der Waals surface area contributed by atoms with Gasteiger partial charge in [0.2, 0.25) is 0 Å². The van der Waals surface area contributed by atoms with E-state index >= 15 is 0 Å². The molecule has 4 aliphatic rings. The molecule has 3 unspecified atom stereocenters. The molecule has 2 aliphatic carbocycles. The maximum Gasteiger partial charge on any atom is 0.252 e. The fourth-order valence-electron chi connectivity index (χ4n) is 11.3. The minimum absolute atomic E-state index is 0.0251. The molecule has 5 aromatic carbocycles. The lowest BCUT2D eigenvalue weighted by molar-refractivity contribution is 0.413. The number of hydrogen-bond acceptors (Lipinski definition) is 2. The van der Waals surface area contributed by atoms with E-state index in [-0.39, 0.29) is 23.0 Å². The number of fused-ring (bicyclic) bond motifs is 6. The highest BCUT2D eigenvalue weighted by Gasteiger charge is 2.49. The smallest absolute Gasteiger partial charge is 0.252 e. The van der Waals surface area contributed by atoms with Crippen molar-refractivity contribution in [3.63, 3.8) is 0 Å². The molecular weight excluding hydrogens is 681 g/mol. The Labute approximate surface area is 349 Å². The van der Waals surface area contributed by atoms with Gasteiger partial charge in [0, 0.05) is 34.5 Å². The highest BCUT2D eigenvalue weighted by molar-refractivity contribution is 7.00. The summed E-state index contributed by atoms with van der Waals surface area (Å²) in [5, 5.41) is 0. The average molecular weight is 742 g/mol. The SMILES string of the molecule is Bc1c(B)c(B)c(-c2cc3c4c(c2)N(C2CC5CCC2C5)c2ccc(C(C)(C)C)cc2B4c2cc(C(C)(C)C)ccc2N3c2ccc(C(C)(C)C)cc2)c(B)c1B. The maximum absolute atomic E-state index is 2.89. The van der Waals surface area contributed by atoms with Crippen LogP contribution in [0.3, 0.4) is 0 Å². The lowest BCUT2D eigenvalue weighted by Crippen LogP contribution is -2.63. The summed E-state index contributed by atoms with van der Waals surface area (Å²) >= 11 is 0. The molecular formula is C49H60B6N2. The summed E-state index contributed by atoms with van der Waals surface area (Å²) in [4.78, 5) is 5.53. The van der Waals surface area contributed by atoms with Crippen molar-refractivity contribution < 1.29 is 0 Å². The molecule has 57 heavy (non-hydrogen) atoms. The third-order valence-corrected chi connectivity index (χ3v) is 15.1. The van der Waals surface area contributed by atoms with Gasteiger partial charge in [0.1, 0.15) is 39.2 Å². The first-order valence-corrected chi connectivity index (χ1v) is 22.0. The van der Waals surface area contributed by atoms with Crippen molar-refractivity contribution in [3.05, 3.63) is 89.5 Å². The van der Waals surface area contributed by atoms with E-state index in [1.165, 1.54) is 126 Å². The van der Waals surface area contributed by atoms with Gasteiger partial charge in [-0.15, -0.1) is 16.4 Å². The van der Waals surface area contributed by atoms with E-state index in [4.69, 9.17) is 0 Å². The van der Waals surface area contributed by atoms with Crippen LogP contribution in [0.1, 0.15) is 105 Å². The third kappa shape index (κ3) is 6.04. The fraction of sp³-hybridized carbons (Fsp3) is 0.388. The summed E-state index contributed by atoms with van der Waals surface area (Å²) in [6.45, 7) is 21.3. The molecule has 2 heterocycles. The quantitative estimate of drug-likeness (QED) is 0.258. The molecule has 2 aliphatic heterocycles. The van der Waals surface area contributed by atoms with E-state index in [1.807, 2.05) is 0 Å². The second kappa shape index (κ2) is 13.0. The first kappa shape index (κ1) is 38.6. The van der Waals surface area contributed by atoms with Crippen molar-refractivity contribution in [1.29, 1.82) is 0 Å². The summed E-state index contributed by atoms with van der Waals surface area (Å²) < 4.78 is 0. The fourth-order valence-corrected chi connectivity index (χ4v) is 11.3. The molecule has 2 bridgehead atoms. The Kier molecular flexibility index (Phi) is 8.83. The molecule has 0 spiro atoms. The summed E-state index contributed by atoms with van der Waals surface area (Å²) in [6.07, 6.45) is 5.41. The van der Waals surface area contributed by atoms with E-state index in [2.05, 4.69) is 184 Å². The van der Waals surface area contributed by atoms with Gasteiger partial charge in [-0.2, -0.15) is 0 Å². The van der Waals surface area contributed by atoms with E-state index in [1.54, 1.807) is 0 Å². The Morgan fingerprint density at radius 2 is 1.04 bits per heavy atom. The van der Waals surface area contributed by atoms with Gasteiger partial charge in [-0.3, -0.25) is 0 Å². The van der Waals surface area contributed by atoms with E-state index in [0.29, 0.717) is 6.04 Å². The van der Waals surface area contributed by atoms with Gasteiger partial charge in [-0.1, -0.05) is 116 Å². The van der Waals surface area contributed by atoms with Crippen LogP contribution in [-0.4, -0.2) is 52.0 Å². The first-order valence-electron chi connectivity index (χ1n) is 22.0. The van der Waals surface area contributed by atoms with Gasteiger partial charge in [0.15, 0.2) is 0 Å². The Morgan fingerprint density at radius 1 is 0.526 bits per heavy atom. The van der Waals surface area contributed by atoms with Gasteiger partial charge >= 0.3 is 0 Å². The predicted octanol–water partition coefficient (Wildman–Crippen LogP) is 2.48. The van der Waals surface area contributed by atoms with E-state index < -0.39 is 0 Å². The zero-order valence-electron chi connectivity index (χ0n) is 37.5. The predicted molar refractivity (Wildman–Crippen MR) is 266 cm³/mol. The molecule has 0 N–H and O–H groups in total. The Morgan fingerprint density at radius 3 is 1.56 bits per heavy atom. The van der Waals surface area contributed by atoms with Crippen LogP contribution >= 0.6 is 0 Å². The van der Waals surface area contributed by atoms with Crippen LogP contribution in [0.15, 0.2) is 72.8 Å². The number of benzene rings is 5. The monoisotopic (exact) mass is 743 g/mol. The number of anilines is 5. The summed E-state index contributed by atoms with van der Waals surface area (Å²) in [7, 11) is 11.7. The van der Waals surface area contributed by atoms with E-state index in [9.17, 15) is 0 Å². The molecule has 3 atom stereocenters. The molecule has 0 aromatic heterocycles. The van der Waals surface area contributed by atoms with Crippen LogP contribution in [0, 0.1) is 11.8 Å². The number of nitrogens with zero attached hydrogens (tertiary/aromatic N) is 2. The normalized spacial score (nSPS) is 19.8. The van der Waals surface area contributed by atoms with Gasteiger partial charge in [0.05, 0.1) is 0 Å². The Hall–Kier alpha value is -3.91. The maximum atomic E-state index is 2.89. The molecule has 0 saturated heterocycles. The van der Waals surface area contributed by atoms with Gasteiger partial charge in [-0.25, -0.2) is 0 Å². The summed E-state index contributed by atoms with van der Waals surface area (Å²) in [5.74, 6) is 1.58. The largest absolute Gasteiger partial charge is 0.339 e. The highest BCUT2D eigenvalue weighted by Crippen LogP contribution is 2.52. The molecule has 0 amide bonds. The zero-order valence-corrected chi connectivity index (χ0v) is 37.5.